The summed E-state index contributed by atoms with van der Waals surface area (Å²) in [4.78, 5) is 17.1. The molecule has 0 unspecified atom stereocenters. The van der Waals surface area contributed by atoms with Gasteiger partial charge in [-0.2, -0.15) is 14.8 Å². The quantitative estimate of drug-likeness (QED) is 0.426. The number of benzene rings is 2. The van der Waals surface area contributed by atoms with E-state index in [9.17, 15) is 18.7 Å². The highest BCUT2D eigenvalue weighted by molar-refractivity contribution is 5.76. The fourth-order valence-electron chi connectivity index (χ4n) is 4.32. The molecule has 9 heteroatoms. The Bertz CT molecular complexity index is 1420. The number of para-hydroxylation sites is 1. The zero-order valence-electron chi connectivity index (χ0n) is 19.0. The van der Waals surface area contributed by atoms with Crippen LogP contribution in [0.25, 0.3) is 28.4 Å². The monoisotopic (exact) mass is 478 g/mol. The maximum Gasteiger partial charge on any atom is 0.296 e. The SMILES string of the molecule is Cc1ccccc1-n1nc(-c2oc(NC3CCC(O)CC3)nc2-c2ccc(F)cc2F)ccc1=O. The van der Waals surface area contributed by atoms with Gasteiger partial charge >= 0.3 is 0 Å². The molecule has 0 saturated heterocycles. The molecule has 35 heavy (non-hydrogen) atoms. The topological polar surface area (TPSA) is 93.2 Å². The summed E-state index contributed by atoms with van der Waals surface area (Å²) in [5.41, 5.74) is 1.58. The zero-order valence-corrected chi connectivity index (χ0v) is 19.0. The van der Waals surface area contributed by atoms with Crippen molar-refractivity contribution in [1.29, 1.82) is 0 Å². The summed E-state index contributed by atoms with van der Waals surface area (Å²) in [5, 5.41) is 17.5. The number of aliphatic hydroxyl groups excluding tert-OH is 1. The van der Waals surface area contributed by atoms with Crippen LogP contribution in [0.1, 0.15) is 31.2 Å². The van der Waals surface area contributed by atoms with Crippen LogP contribution in [0.15, 0.2) is 63.8 Å². The molecule has 0 amide bonds. The predicted molar refractivity (Wildman–Crippen MR) is 127 cm³/mol. The van der Waals surface area contributed by atoms with Crippen LogP contribution < -0.4 is 10.9 Å². The van der Waals surface area contributed by atoms with Crippen molar-refractivity contribution < 1.29 is 18.3 Å². The summed E-state index contributed by atoms with van der Waals surface area (Å²) in [6.45, 7) is 1.87. The van der Waals surface area contributed by atoms with Crippen molar-refractivity contribution in [3.63, 3.8) is 0 Å². The smallest absolute Gasteiger partial charge is 0.296 e. The van der Waals surface area contributed by atoms with Crippen LogP contribution in [-0.2, 0) is 0 Å². The van der Waals surface area contributed by atoms with Gasteiger partial charge in [-0.3, -0.25) is 4.79 Å². The Morgan fingerprint density at radius 2 is 1.83 bits per heavy atom. The van der Waals surface area contributed by atoms with E-state index in [1.54, 1.807) is 12.1 Å². The Balaban J connectivity index is 1.61. The second kappa shape index (κ2) is 9.42. The highest BCUT2D eigenvalue weighted by Crippen LogP contribution is 2.35. The summed E-state index contributed by atoms with van der Waals surface area (Å²) in [6.07, 6.45) is 2.47. The van der Waals surface area contributed by atoms with Gasteiger partial charge in [0, 0.05) is 23.7 Å². The van der Waals surface area contributed by atoms with Gasteiger partial charge in [-0.15, -0.1) is 0 Å². The molecule has 0 atom stereocenters. The van der Waals surface area contributed by atoms with Crippen LogP contribution in [0.3, 0.4) is 0 Å². The number of rotatable bonds is 5. The van der Waals surface area contributed by atoms with Crippen molar-refractivity contribution >= 4 is 6.01 Å². The normalized spacial score (nSPS) is 17.9. The van der Waals surface area contributed by atoms with Crippen LogP contribution in [0.5, 0.6) is 0 Å². The van der Waals surface area contributed by atoms with Crippen LogP contribution in [0.4, 0.5) is 14.8 Å². The Morgan fingerprint density at radius 1 is 1.06 bits per heavy atom. The first-order chi connectivity index (χ1) is 16.9. The van der Waals surface area contributed by atoms with Crippen LogP contribution in [-0.4, -0.2) is 32.0 Å². The molecule has 0 aliphatic heterocycles. The molecule has 0 spiro atoms. The maximum atomic E-state index is 14.8. The molecule has 2 aromatic carbocycles. The van der Waals surface area contributed by atoms with Crippen LogP contribution >= 0.6 is 0 Å². The van der Waals surface area contributed by atoms with E-state index in [4.69, 9.17) is 4.42 Å². The van der Waals surface area contributed by atoms with E-state index in [0.717, 1.165) is 30.5 Å². The number of nitrogens with one attached hydrogen (secondary N) is 1. The molecule has 1 aliphatic rings. The van der Waals surface area contributed by atoms with Gasteiger partial charge in [0.25, 0.3) is 11.6 Å². The largest absolute Gasteiger partial charge is 0.421 e. The van der Waals surface area contributed by atoms with E-state index >= 15 is 0 Å². The fraction of sp³-hybridized carbons (Fsp3) is 0.269. The highest BCUT2D eigenvalue weighted by atomic mass is 19.1. The number of nitrogens with zero attached hydrogens (tertiary/aromatic N) is 3. The number of anilines is 1. The van der Waals surface area contributed by atoms with Crippen LogP contribution in [0, 0.1) is 18.6 Å². The molecular weight excluding hydrogens is 454 g/mol. The number of aromatic nitrogens is 3. The number of halogens is 2. The minimum atomic E-state index is -0.792. The van der Waals surface area contributed by atoms with E-state index in [0.29, 0.717) is 18.5 Å². The van der Waals surface area contributed by atoms with Gasteiger partial charge in [0.15, 0.2) is 5.76 Å². The first kappa shape index (κ1) is 22.9. The zero-order chi connectivity index (χ0) is 24.5. The van der Waals surface area contributed by atoms with Gasteiger partial charge in [-0.1, -0.05) is 18.2 Å². The van der Waals surface area contributed by atoms with Gasteiger partial charge in [0.1, 0.15) is 23.0 Å². The van der Waals surface area contributed by atoms with E-state index in [2.05, 4.69) is 15.4 Å². The summed E-state index contributed by atoms with van der Waals surface area (Å²) in [5.74, 6) is -1.35. The lowest BCUT2D eigenvalue weighted by Crippen LogP contribution is -2.28. The summed E-state index contributed by atoms with van der Waals surface area (Å²) in [6, 6.07) is 13.6. The molecule has 180 valence electrons. The third kappa shape index (κ3) is 4.72. The van der Waals surface area contributed by atoms with Gasteiger partial charge in [-0.25, -0.2) is 8.78 Å². The molecule has 7 nitrogen and oxygen atoms in total. The molecule has 1 aliphatic carbocycles. The second-order valence-corrected chi connectivity index (χ2v) is 8.73. The van der Waals surface area contributed by atoms with Crippen molar-refractivity contribution in [3.8, 4) is 28.4 Å². The van der Waals surface area contributed by atoms with Gasteiger partial charge in [0.05, 0.1) is 11.8 Å². The van der Waals surface area contributed by atoms with Gasteiger partial charge < -0.3 is 14.8 Å². The first-order valence-corrected chi connectivity index (χ1v) is 11.5. The van der Waals surface area contributed by atoms with E-state index < -0.39 is 11.6 Å². The molecule has 5 rings (SSSR count). The van der Waals surface area contributed by atoms with Gasteiger partial charge in [0.2, 0.25) is 0 Å². The summed E-state index contributed by atoms with van der Waals surface area (Å²) < 4.78 is 35.6. The Morgan fingerprint density at radius 3 is 2.57 bits per heavy atom. The lowest BCUT2D eigenvalue weighted by Gasteiger charge is -2.25. The number of oxazole rings is 1. The van der Waals surface area contributed by atoms with E-state index in [-0.39, 0.29) is 46.4 Å². The standard InChI is InChI=1S/C26H24F2N4O3/c1-15-4-2-3-5-22(15)32-23(34)13-12-21(31-32)25-24(19-11-6-16(27)14-20(19)28)30-26(35-25)29-17-7-9-18(33)10-8-17/h2-6,11-14,17-18,33H,7-10H2,1H3,(H,29,30). The van der Waals surface area contributed by atoms with Crippen molar-refractivity contribution in [2.75, 3.05) is 5.32 Å². The second-order valence-electron chi connectivity index (χ2n) is 8.73. The van der Waals surface area contributed by atoms with Crippen molar-refractivity contribution in [1.82, 2.24) is 14.8 Å². The molecule has 1 saturated carbocycles. The molecular formula is C26H24F2N4O3. The summed E-state index contributed by atoms with van der Waals surface area (Å²) in [7, 11) is 0. The lowest BCUT2D eigenvalue weighted by molar-refractivity contribution is 0.125. The molecule has 1 fully saturated rings. The number of aryl methyl sites for hydroxylation is 1. The molecule has 2 N–H and O–H groups in total. The van der Waals surface area contributed by atoms with Crippen molar-refractivity contribution in [2.24, 2.45) is 0 Å². The third-order valence-electron chi connectivity index (χ3n) is 6.21. The first-order valence-electron chi connectivity index (χ1n) is 11.5. The average Bonchev–Trinajstić information content (AvgIpc) is 3.25. The van der Waals surface area contributed by atoms with Crippen molar-refractivity contribution in [2.45, 2.75) is 44.8 Å². The van der Waals surface area contributed by atoms with E-state index in [1.165, 1.54) is 22.9 Å². The molecule has 2 heterocycles. The molecule has 4 aromatic rings. The Hall–Kier alpha value is -3.85. The molecule has 2 aromatic heterocycles. The Labute approximate surface area is 200 Å². The lowest BCUT2D eigenvalue weighted by atomic mass is 9.93. The predicted octanol–water partition coefficient (Wildman–Crippen LogP) is 4.86. The minimum absolute atomic E-state index is 0.0321. The number of hydrogen-bond donors (Lipinski definition) is 2. The van der Waals surface area contributed by atoms with E-state index in [1.807, 2.05) is 19.1 Å². The Kier molecular flexibility index (Phi) is 6.17. The average molecular weight is 478 g/mol. The maximum absolute atomic E-state index is 14.8. The fourth-order valence-corrected chi connectivity index (χ4v) is 4.32. The minimum Gasteiger partial charge on any atom is -0.421 e. The number of aliphatic hydroxyl groups is 1. The molecule has 0 bridgehead atoms. The number of hydrogen-bond acceptors (Lipinski definition) is 6. The van der Waals surface area contributed by atoms with Crippen LogP contribution in [0.2, 0.25) is 0 Å². The van der Waals surface area contributed by atoms with Crippen molar-refractivity contribution in [3.05, 3.63) is 82.1 Å². The third-order valence-corrected chi connectivity index (χ3v) is 6.21. The highest BCUT2D eigenvalue weighted by Gasteiger charge is 2.25. The summed E-state index contributed by atoms with van der Waals surface area (Å²) >= 11 is 0. The van der Waals surface area contributed by atoms with Gasteiger partial charge in [-0.05, 0) is 62.4 Å². The molecule has 0 radical (unpaired) electrons.